The molecule has 3 heterocycles. The van der Waals surface area contributed by atoms with Gasteiger partial charge >= 0.3 is 6.03 Å². The smallest absolute Gasteiger partial charge is 0.319 e. The number of benzene rings is 2. The summed E-state index contributed by atoms with van der Waals surface area (Å²) < 4.78 is 0. The first kappa shape index (κ1) is 32.2. The summed E-state index contributed by atoms with van der Waals surface area (Å²) in [5.74, 6) is 0.169. The number of fused-ring (bicyclic) bond motifs is 3. The first-order valence-corrected chi connectivity index (χ1v) is 16.2. The van der Waals surface area contributed by atoms with Gasteiger partial charge in [0.25, 0.3) is 0 Å². The van der Waals surface area contributed by atoms with Gasteiger partial charge in [0.15, 0.2) is 0 Å². The Bertz CT molecular complexity index is 1710. The lowest BCUT2D eigenvalue weighted by Crippen LogP contribution is -2.52. The number of piperidine rings is 1. The number of urea groups is 1. The minimum Gasteiger partial charge on any atom is -0.331 e. The van der Waals surface area contributed by atoms with Crippen LogP contribution >= 0.6 is 0 Å². The average molecular weight is 638 g/mol. The van der Waals surface area contributed by atoms with Gasteiger partial charge in [-0.15, -0.1) is 0 Å². The number of anilines is 2. The van der Waals surface area contributed by atoms with Gasteiger partial charge in [-0.1, -0.05) is 43.3 Å². The van der Waals surface area contributed by atoms with Crippen molar-refractivity contribution in [2.75, 3.05) is 51.4 Å². The van der Waals surface area contributed by atoms with E-state index in [0.29, 0.717) is 56.8 Å². The van der Waals surface area contributed by atoms with Crippen molar-refractivity contribution in [2.24, 2.45) is 5.41 Å². The Hall–Kier alpha value is -4.77. The fraction of sp³-hybridized carbons (Fsp3) is 0.417. The van der Waals surface area contributed by atoms with E-state index < -0.39 is 10.8 Å². The zero-order chi connectivity index (χ0) is 33.3. The summed E-state index contributed by atoms with van der Waals surface area (Å²) in [5.41, 5.74) is 4.24. The molecule has 1 aliphatic carbocycles. The van der Waals surface area contributed by atoms with Gasteiger partial charge in [-0.25, -0.2) is 9.78 Å². The van der Waals surface area contributed by atoms with E-state index >= 15 is 0 Å². The number of rotatable bonds is 8. The van der Waals surface area contributed by atoms with E-state index in [1.165, 1.54) is 0 Å². The minimum atomic E-state index is -0.712. The maximum atomic E-state index is 14.3. The molecule has 1 fully saturated rings. The van der Waals surface area contributed by atoms with Gasteiger partial charge in [0.2, 0.25) is 17.7 Å². The molecule has 1 spiro atoms. The monoisotopic (exact) mass is 637 g/mol. The molecule has 3 aliphatic rings. The first-order chi connectivity index (χ1) is 22.5. The number of nitrogens with zero attached hydrogens (tertiary/aromatic N) is 4. The van der Waals surface area contributed by atoms with Crippen LogP contribution in [0, 0.1) is 5.41 Å². The molecule has 0 saturated carbocycles. The highest BCUT2D eigenvalue weighted by Gasteiger charge is 2.51. The summed E-state index contributed by atoms with van der Waals surface area (Å²) >= 11 is 0. The van der Waals surface area contributed by atoms with Crippen molar-refractivity contribution in [3.05, 3.63) is 88.6 Å². The van der Waals surface area contributed by atoms with Crippen molar-refractivity contribution in [1.82, 2.24) is 25.0 Å². The maximum absolute atomic E-state index is 14.3. The van der Waals surface area contributed by atoms with E-state index in [9.17, 15) is 19.2 Å². The van der Waals surface area contributed by atoms with Gasteiger partial charge in [0.05, 0.1) is 5.41 Å². The van der Waals surface area contributed by atoms with E-state index in [2.05, 4.69) is 20.9 Å². The van der Waals surface area contributed by atoms with E-state index in [1.807, 2.05) is 68.6 Å². The quantitative estimate of drug-likeness (QED) is 0.347. The van der Waals surface area contributed by atoms with E-state index in [4.69, 9.17) is 0 Å². The topological polar surface area (TPSA) is 127 Å². The molecule has 0 radical (unpaired) electrons. The van der Waals surface area contributed by atoms with Gasteiger partial charge in [0.1, 0.15) is 12.4 Å². The highest BCUT2D eigenvalue weighted by Crippen LogP contribution is 2.47. The Kier molecular flexibility index (Phi) is 8.76. The molecule has 5 amide bonds. The molecule has 2 aromatic carbocycles. The number of likely N-dealkylation sites (tertiary alicyclic amines) is 1. The van der Waals surface area contributed by atoms with Crippen LogP contribution in [0.3, 0.4) is 0 Å². The Balaban J connectivity index is 1.19. The van der Waals surface area contributed by atoms with Crippen LogP contribution in [-0.2, 0) is 45.7 Å². The Morgan fingerprint density at radius 3 is 2.43 bits per heavy atom. The van der Waals surface area contributed by atoms with Crippen molar-refractivity contribution in [1.29, 1.82) is 0 Å². The zero-order valence-corrected chi connectivity index (χ0v) is 27.6. The van der Waals surface area contributed by atoms with Crippen molar-refractivity contribution >= 4 is 35.3 Å². The van der Waals surface area contributed by atoms with Crippen molar-refractivity contribution < 1.29 is 19.2 Å². The molecule has 11 heteroatoms. The van der Waals surface area contributed by atoms with Gasteiger partial charge in [-0.2, -0.15) is 0 Å². The van der Waals surface area contributed by atoms with Crippen LogP contribution < -0.4 is 16.0 Å². The third kappa shape index (κ3) is 6.19. The molecule has 6 rings (SSSR count). The van der Waals surface area contributed by atoms with Gasteiger partial charge in [-0.3, -0.25) is 14.4 Å². The molecular formula is C36H43N7O4. The van der Waals surface area contributed by atoms with E-state index in [-0.39, 0.29) is 36.8 Å². The molecule has 2 aliphatic heterocycles. The number of aromatic nitrogens is 1. The number of carbonyl (C=O) groups is 4. The zero-order valence-electron chi connectivity index (χ0n) is 27.6. The molecule has 3 N–H and O–H groups in total. The van der Waals surface area contributed by atoms with Gasteiger partial charge in [-0.05, 0) is 73.2 Å². The summed E-state index contributed by atoms with van der Waals surface area (Å²) in [5, 5.41) is 9.15. The predicted molar refractivity (Wildman–Crippen MR) is 180 cm³/mol. The van der Waals surface area contributed by atoms with Crippen LogP contribution in [0.1, 0.15) is 47.6 Å². The predicted octanol–water partition coefficient (Wildman–Crippen LogP) is 3.54. The molecule has 47 heavy (non-hydrogen) atoms. The first-order valence-electron chi connectivity index (χ1n) is 16.2. The normalized spacial score (nSPS) is 19.1. The van der Waals surface area contributed by atoms with E-state index in [1.54, 1.807) is 35.0 Å². The SMILES string of the molecule is CNCc1ccccc1CN(CC(=O)Nc1ccc2c(c1)CC1(C2)C(=O)Nc2ncccc21)C(=O)C1(C)CCN(C(=O)N(C)C)CC1. The number of nitrogens with one attached hydrogen (secondary N) is 3. The third-order valence-electron chi connectivity index (χ3n) is 9.97. The molecule has 1 saturated heterocycles. The number of amides is 5. The number of hydrogen-bond acceptors (Lipinski definition) is 6. The Morgan fingerprint density at radius 2 is 1.70 bits per heavy atom. The highest BCUT2D eigenvalue weighted by molar-refractivity contribution is 6.06. The van der Waals surface area contributed by atoms with Crippen LogP contribution in [0.4, 0.5) is 16.3 Å². The second kappa shape index (κ2) is 12.8. The molecular weight excluding hydrogens is 594 g/mol. The second-order valence-corrected chi connectivity index (χ2v) is 13.5. The molecule has 11 nitrogen and oxygen atoms in total. The summed E-state index contributed by atoms with van der Waals surface area (Å²) in [6.07, 6.45) is 3.80. The summed E-state index contributed by atoms with van der Waals surface area (Å²) in [4.78, 5) is 63.0. The number of hydrogen-bond donors (Lipinski definition) is 3. The lowest BCUT2D eigenvalue weighted by molar-refractivity contribution is -0.146. The Morgan fingerprint density at radius 1 is 0.979 bits per heavy atom. The third-order valence-corrected chi connectivity index (χ3v) is 9.97. The number of carbonyl (C=O) groups excluding carboxylic acids is 4. The van der Waals surface area contributed by atoms with Crippen molar-refractivity contribution in [3.63, 3.8) is 0 Å². The lowest BCUT2D eigenvalue weighted by Gasteiger charge is -2.41. The Labute approximate surface area is 275 Å². The maximum Gasteiger partial charge on any atom is 0.319 e. The molecule has 1 unspecified atom stereocenters. The molecule has 246 valence electrons. The standard InChI is InChI=1S/C36H43N7O4/c1-35(13-16-42(17-14-35)34(47)41(3)4)33(46)43(22-26-9-6-5-8-25(26)21-37-2)23-30(44)39-28-12-11-24-19-36(20-27(24)18-28)29-10-7-15-38-31(29)40-32(36)45/h5-12,15,18,37H,13-14,16-17,19-23H2,1-4H3,(H,39,44)(H,38,40,45). The van der Waals surface area contributed by atoms with Crippen LogP contribution in [-0.4, -0.2) is 84.2 Å². The average Bonchev–Trinajstić information content (AvgIpc) is 3.57. The highest BCUT2D eigenvalue weighted by atomic mass is 16.2. The molecule has 3 aromatic rings. The fourth-order valence-electron chi connectivity index (χ4n) is 7.27. The van der Waals surface area contributed by atoms with Gasteiger partial charge < -0.3 is 30.7 Å². The van der Waals surface area contributed by atoms with E-state index in [0.717, 1.165) is 27.8 Å². The van der Waals surface area contributed by atoms with Crippen molar-refractivity contribution in [3.8, 4) is 0 Å². The largest absolute Gasteiger partial charge is 0.331 e. The summed E-state index contributed by atoms with van der Waals surface area (Å²) in [6, 6.07) is 17.5. The minimum absolute atomic E-state index is 0.0499. The number of pyridine rings is 1. The van der Waals surface area contributed by atoms with Crippen LogP contribution in [0.2, 0.25) is 0 Å². The summed E-state index contributed by atoms with van der Waals surface area (Å²) in [6.45, 7) is 3.70. The second-order valence-electron chi connectivity index (χ2n) is 13.5. The van der Waals surface area contributed by atoms with Crippen LogP contribution in [0.5, 0.6) is 0 Å². The lowest BCUT2D eigenvalue weighted by atomic mass is 9.79. The van der Waals surface area contributed by atoms with Crippen molar-refractivity contribution in [2.45, 2.75) is 51.1 Å². The molecule has 1 atom stereocenters. The van der Waals surface area contributed by atoms with Crippen LogP contribution in [0.25, 0.3) is 0 Å². The summed E-state index contributed by atoms with van der Waals surface area (Å²) in [7, 11) is 5.33. The fourth-order valence-corrected chi connectivity index (χ4v) is 7.27. The molecule has 1 aromatic heterocycles. The van der Waals surface area contributed by atoms with Gasteiger partial charge in [0, 0.05) is 63.1 Å². The molecule has 0 bridgehead atoms. The van der Waals surface area contributed by atoms with Crippen LogP contribution in [0.15, 0.2) is 60.8 Å².